The van der Waals surface area contributed by atoms with Gasteiger partial charge in [0.25, 0.3) is 0 Å². The summed E-state index contributed by atoms with van der Waals surface area (Å²) in [5, 5.41) is 0.989. The van der Waals surface area contributed by atoms with Gasteiger partial charge in [0.1, 0.15) is 5.60 Å². The first-order chi connectivity index (χ1) is 17.1. The monoisotopic (exact) mass is 536 g/mol. The van der Waals surface area contributed by atoms with E-state index in [0.29, 0.717) is 41.4 Å². The highest BCUT2D eigenvalue weighted by Gasteiger charge is 2.43. The minimum absolute atomic E-state index is 0.128. The number of likely N-dealkylation sites (tertiary alicyclic amines) is 2. The Labute approximate surface area is 226 Å². The summed E-state index contributed by atoms with van der Waals surface area (Å²) in [5.74, 6) is 0.751. The van der Waals surface area contributed by atoms with Crippen molar-refractivity contribution in [1.82, 2.24) is 9.80 Å². The minimum atomic E-state index is -0.474. The van der Waals surface area contributed by atoms with Crippen LogP contribution < -0.4 is 0 Å². The lowest BCUT2D eigenvalue weighted by Gasteiger charge is -2.50. The third-order valence-electron chi connectivity index (χ3n) is 8.18. The standard InChI is InChI=1S/C29H42Cl2N2O3/c1-29(2,3)36-27(35)19-20-9-11-22-7-6-8-25(32-14-4-5-15-32)28(22)33(16-13-20)26(34)18-21-10-12-23(30)24(31)17-21/h10,12,17,20,22,25,28H,4-9,11,13-16,18-19H2,1-3H3. The van der Waals surface area contributed by atoms with Gasteiger partial charge in [0.15, 0.2) is 0 Å². The van der Waals surface area contributed by atoms with Crippen molar-refractivity contribution >= 4 is 35.1 Å². The second kappa shape index (κ2) is 12.0. The zero-order valence-electron chi connectivity index (χ0n) is 22.1. The van der Waals surface area contributed by atoms with Crippen molar-refractivity contribution in [3.05, 3.63) is 33.8 Å². The maximum absolute atomic E-state index is 13.9. The number of ether oxygens (including phenoxy) is 1. The van der Waals surface area contributed by atoms with Crippen molar-refractivity contribution in [2.24, 2.45) is 11.8 Å². The van der Waals surface area contributed by atoms with Crippen LogP contribution in [-0.4, -0.2) is 59.0 Å². The van der Waals surface area contributed by atoms with Gasteiger partial charge in [0, 0.05) is 19.0 Å². The minimum Gasteiger partial charge on any atom is -0.460 e. The molecule has 0 N–H and O–H groups in total. The van der Waals surface area contributed by atoms with E-state index in [-0.39, 0.29) is 23.8 Å². The van der Waals surface area contributed by atoms with Gasteiger partial charge in [-0.05, 0) is 108 Å². The number of esters is 1. The number of carbonyl (C=O) groups excluding carboxylic acids is 2. The third kappa shape index (κ3) is 7.17. The second-order valence-corrected chi connectivity index (χ2v) is 12.8. The van der Waals surface area contributed by atoms with Crippen LogP contribution >= 0.6 is 23.2 Å². The molecular weight excluding hydrogens is 495 g/mol. The molecule has 1 aliphatic carbocycles. The maximum atomic E-state index is 13.9. The van der Waals surface area contributed by atoms with Gasteiger partial charge in [-0.1, -0.05) is 35.7 Å². The van der Waals surface area contributed by atoms with E-state index in [1.54, 1.807) is 6.07 Å². The SMILES string of the molecule is CC(C)(C)OC(=O)CC1CCC2CCCC(N3CCCC3)C2N(C(=O)Cc2ccc(Cl)c(Cl)c2)CC1. The molecule has 1 aromatic carbocycles. The van der Waals surface area contributed by atoms with Crippen molar-refractivity contribution in [1.29, 1.82) is 0 Å². The summed E-state index contributed by atoms with van der Waals surface area (Å²) in [7, 11) is 0. The molecule has 2 saturated heterocycles. The van der Waals surface area contributed by atoms with Gasteiger partial charge in [-0.2, -0.15) is 0 Å². The normalized spacial score (nSPS) is 27.8. The summed E-state index contributed by atoms with van der Waals surface area (Å²) in [4.78, 5) is 31.4. The number of fused-ring (bicyclic) bond motifs is 1. The largest absolute Gasteiger partial charge is 0.460 e. The van der Waals surface area contributed by atoms with Gasteiger partial charge in [-0.25, -0.2) is 0 Å². The van der Waals surface area contributed by atoms with E-state index in [1.165, 1.54) is 25.7 Å². The summed E-state index contributed by atoms with van der Waals surface area (Å²) in [6.07, 6.45) is 9.73. The molecule has 4 rings (SSSR count). The fourth-order valence-electron chi connectivity index (χ4n) is 6.60. The summed E-state index contributed by atoms with van der Waals surface area (Å²) < 4.78 is 5.63. The van der Waals surface area contributed by atoms with Crippen LogP contribution in [0, 0.1) is 11.8 Å². The lowest BCUT2D eigenvalue weighted by molar-refractivity contribution is -0.156. The van der Waals surface area contributed by atoms with Gasteiger partial charge in [-0.15, -0.1) is 0 Å². The van der Waals surface area contributed by atoms with E-state index in [1.807, 2.05) is 32.9 Å². The molecule has 5 nitrogen and oxygen atoms in total. The summed E-state index contributed by atoms with van der Waals surface area (Å²) in [5.41, 5.74) is 0.421. The molecule has 0 bridgehead atoms. The highest BCUT2D eigenvalue weighted by atomic mass is 35.5. The lowest BCUT2D eigenvalue weighted by atomic mass is 9.74. The zero-order valence-corrected chi connectivity index (χ0v) is 23.6. The Morgan fingerprint density at radius 2 is 1.69 bits per heavy atom. The number of amides is 1. The average molecular weight is 538 g/mol. The quantitative estimate of drug-likeness (QED) is 0.401. The number of nitrogens with zero attached hydrogens (tertiary/aromatic N) is 2. The van der Waals surface area contributed by atoms with Gasteiger partial charge < -0.3 is 9.64 Å². The Morgan fingerprint density at radius 1 is 0.944 bits per heavy atom. The van der Waals surface area contributed by atoms with Gasteiger partial charge in [-0.3, -0.25) is 14.5 Å². The topological polar surface area (TPSA) is 49.9 Å². The Bertz CT molecular complexity index is 926. The smallest absolute Gasteiger partial charge is 0.306 e. The number of halogens is 2. The van der Waals surface area contributed by atoms with Crippen LogP contribution in [0.5, 0.6) is 0 Å². The molecule has 1 saturated carbocycles. The van der Waals surface area contributed by atoms with Crippen LogP contribution in [-0.2, 0) is 20.7 Å². The van der Waals surface area contributed by atoms with Crippen LogP contribution in [0.3, 0.4) is 0 Å². The molecule has 1 amide bonds. The van der Waals surface area contributed by atoms with E-state index >= 15 is 0 Å². The summed E-state index contributed by atoms with van der Waals surface area (Å²) in [6.45, 7) is 8.72. The number of hydrogen-bond donors (Lipinski definition) is 0. The molecule has 200 valence electrons. The van der Waals surface area contributed by atoms with Crippen LogP contribution in [0.4, 0.5) is 0 Å². The van der Waals surface area contributed by atoms with Gasteiger partial charge in [0.05, 0.1) is 22.5 Å². The van der Waals surface area contributed by atoms with Crippen molar-refractivity contribution < 1.29 is 14.3 Å². The van der Waals surface area contributed by atoms with Crippen molar-refractivity contribution in [2.45, 2.75) is 103 Å². The first-order valence-electron chi connectivity index (χ1n) is 13.8. The fraction of sp³-hybridized carbons (Fsp3) is 0.724. The second-order valence-electron chi connectivity index (χ2n) is 12.0. The number of carbonyl (C=O) groups is 2. The van der Waals surface area contributed by atoms with E-state index in [9.17, 15) is 9.59 Å². The first-order valence-corrected chi connectivity index (χ1v) is 14.6. The zero-order chi connectivity index (χ0) is 25.9. The van der Waals surface area contributed by atoms with Crippen LogP contribution in [0.2, 0.25) is 10.0 Å². The molecule has 0 radical (unpaired) electrons. The van der Waals surface area contributed by atoms with Crippen LogP contribution in [0.1, 0.15) is 84.1 Å². The van der Waals surface area contributed by atoms with Crippen molar-refractivity contribution in [3.8, 4) is 0 Å². The fourth-order valence-corrected chi connectivity index (χ4v) is 6.92. The Balaban J connectivity index is 1.55. The lowest BCUT2D eigenvalue weighted by Crippen LogP contribution is -2.59. The molecule has 3 fully saturated rings. The number of hydrogen-bond acceptors (Lipinski definition) is 4. The average Bonchev–Trinajstić information content (AvgIpc) is 3.32. The molecular formula is C29H42Cl2N2O3. The van der Waals surface area contributed by atoms with Crippen molar-refractivity contribution in [2.75, 3.05) is 19.6 Å². The highest BCUT2D eigenvalue weighted by molar-refractivity contribution is 6.42. The summed E-state index contributed by atoms with van der Waals surface area (Å²) in [6, 6.07) is 6.17. The Kier molecular flexibility index (Phi) is 9.28. The van der Waals surface area contributed by atoms with Crippen LogP contribution in [0.25, 0.3) is 0 Å². The molecule has 0 aromatic heterocycles. The number of rotatable bonds is 5. The first kappa shape index (κ1) is 27.7. The van der Waals surface area contributed by atoms with E-state index < -0.39 is 5.60 Å². The molecule has 2 heterocycles. The van der Waals surface area contributed by atoms with E-state index in [0.717, 1.165) is 44.3 Å². The van der Waals surface area contributed by atoms with Crippen LogP contribution in [0.15, 0.2) is 18.2 Å². The van der Waals surface area contributed by atoms with E-state index in [2.05, 4.69) is 9.80 Å². The number of benzene rings is 1. The predicted octanol–water partition coefficient (Wildman–Crippen LogP) is 6.53. The van der Waals surface area contributed by atoms with Gasteiger partial charge in [0.2, 0.25) is 5.91 Å². The Morgan fingerprint density at radius 3 is 2.39 bits per heavy atom. The molecule has 0 spiro atoms. The molecule has 1 aromatic rings. The Hall–Kier alpha value is -1.30. The molecule has 3 aliphatic rings. The molecule has 36 heavy (non-hydrogen) atoms. The maximum Gasteiger partial charge on any atom is 0.306 e. The molecule has 4 atom stereocenters. The third-order valence-corrected chi connectivity index (χ3v) is 8.92. The predicted molar refractivity (Wildman–Crippen MR) is 145 cm³/mol. The molecule has 7 heteroatoms. The molecule has 4 unspecified atom stereocenters. The molecule has 2 aliphatic heterocycles. The summed E-state index contributed by atoms with van der Waals surface area (Å²) >= 11 is 12.4. The van der Waals surface area contributed by atoms with E-state index in [4.69, 9.17) is 27.9 Å². The van der Waals surface area contributed by atoms with Gasteiger partial charge >= 0.3 is 5.97 Å². The van der Waals surface area contributed by atoms with Crippen molar-refractivity contribution in [3.63, 3.8) is 0 Å². The highest BCUT2D eigenvalue weighted by Crippen LogP contribution is 2.39.